The number of hydrogen-bond donors (Lipinski definition) is 2. The van der Waals surface area contributed by atoms with Gasteiger partial charge in [0.2, 0.25) is 0 Å². The largest absolute Gasteiger partial charge is 0.493 e. The van der Waals surface area contributed by atoms with Gasteiger partial charge in [-0.25, -0.2) is 4.79 Å². The number of hydrogen-bond acceptors (Lipinski definition) is 5. The number of ether oxygens (including phenoxy) is 4. The van der Waals surface area contributed by atoms with Crippen LogP contribution in [-0.4, -0.2) is 34.0 Å². The summed E-state index contributed by atoms with van der Waals surface area (Å²) in [7, 11) is 4.69. The molecule has 0 bridgehead atoms. The van der Waals surface area contributed by atoms with Gasteiger partial charge < -0.3 is 29.6 Å². The van der Waals surface area contributed by atoms with E-state index in [-0.39, 0.29) is 6.03 Å². The Hall–Kier alpha value is -2.80. The van der Waals surface area contributed by atoms with Crippen molar-refractivity contribution in [3.8, 4) is 23.0 Å². The second kappa shape index (κ2) is 10.5. The molecule has 28 heavy (non-hydrogen) atoms. The van der Waals surface area contributed by atoms with E-state index in [4.69, 9.17) is 30.5 Å². The van der Waals surface area contributed by atoms with Crippen molar-refractivity contribution in [1.29, 1.82) is 0 Å². The summed E-state index contributed by atoms with van der Waals surface area (Å²) >= 11 is 6.25. The zero-order valence-electron chi connectivity index (χ0n) is 16.4. The molecule has 0 unspecified atom stereocenters. The molecule has 0 aromatic heterocycles. The van der Waals surface area contributed by atoms with E-state index in [9.17, 15) is 4.79 Å². The van der Waals surface area contributed by atoms with Gasteiger partial charge in [-0.3, -0.25) is 0 Å². The smallest absolute Gasteiger partial charge is 0.315 e. The minimum absolute atomic E-state index is 0.292. The molecule has 0 saturated heterocycles. The van der Waals surface area contributed by atoms with E-state index < -0.39 is 0 Å². The number of carbonyl (C=O) groups is 1. The summed E-state index contributed by atoms with van der Waals surface area (Å²) in [5.41, 5.74) is 1.69. The van der Waals surface area contributed by atoms with Gasteiger partial charge in [-0.15, -0.1) is 0 Å². The van der Waals surface area contributed by atoms with Crippen LogP contribution in [-0.2, 0) is 13.1 Å². The Morgan fingerprint density at radius 2 is 1.50 bits per heavy atom. The van der Waals surface area contributed by atoms with E-state index >= 15 is 0 Å². The summed E-state index contributed by atoms with van der Waals surface area (Å²) in [4.78, 5) is 12.1. The highest BCUT2D eigenvalue weighted by Gasteiger charge is 2.12. The molecule has 0 fully saturated rings. The molecule has 0 heterocycles. The zero-order chi connectivity index (χ0) is 20.5. The van der Waals surface area contributed by atoms with Gasteiger partial charge in [0, 0.05) is 13.1 Å². The topological polar surface area (TPSA) is 78.1 Å². The molecule has 0 aliphatic rings. The first-order valence-electron chi connectivity index (χ1n) is 8.74. The van der Waals surface area contributed by atoms with E-state index in [1.165, 1.54) is 0 Å². The van der Waals surface area contributed by atoms with Crippen LogP contribution in [0.3, 0.4) is 0 Å². The molecule has 152 valence electrons. The Morgan fingerprint density at radius 3 is 2.11 bits per heavy atom. The Bertz CT molecular complexity index is 813. The van der Waals surface area contributed by atoms with Gasteiger partial charge in [-0.1, -0.05) is 17.7 Å². The fourth-order valence-corrected chi connectivity index (χ4v) is 2.87. The first-order chi connectivity index (χ1) is 13.5. The van der Waals surface area contributed by atoms with E-state index in [0.29, 0.717) is 47.7 Å². The molecule has 0 radical (unpaired) electrons. The predicted molar refractivity (Wildman–Crippen MR) is 108 cm³/mol. The van der Waals surface area contributed by atoms with Gasteiger partial charge in [-0.2, -0.15) is 0 Å². The normalized spacial score (nSPS) is 10.2. The predicted octanol–water partition coefficient (Wildman–Crippen LogP) is 3.76. The van der Waals surface area contributed by atoms with Crippen molar-refractivity contribution in [3.05, 3.63) is 46.5 Å². The highest BCUT2D eigenvalue weighted by atomic mass is 35.5. The number of methoxy groups -OCH3 is 3. The van der Waals surface area contributed by atoms with E-state index in [2.05, 4.69) is 10.6 Å². The molecule has 8 heteroatoms. The van der Waals surface area contributed by atoms with Gasteiger partial charge in [-0.05, 0) is 42.3 Å². The van der Waals surface area contributed by atoms with Crippen LogP contribution in [0.1, 0.15) is 18.1 Å². The summed E-state index contributed by atoms with van der Waals surface area (Å²) in [6.45, 7) is 2.99. The van der Waals surface area contributed by atoms with Crippen LogP contribution in [0.2, 0.25) is 5.02 Å². The van der Waals surface area contributed by atoms with E-state index in [1.54, 1.807) is 39.5 Å². The summed E-state index contributed by atoms with van der Waals surface area (Å²) in [6, 6.07) is 8.69. The molecule has 0 spiro atoms. The van der Waals surface area contributed by atoms with Crippen molar-refractivity contribution in [2.45, 2.75) is 20.0 Å². The first kappa shape index (κ1) is 21.5. The maximum absolute atomic E-state index is 12.1. The van der Waals surface area contributed by atoms with Gasteiger partial charge in [0.05, 0.1) is 33.0 Å². The van der Waals surface area contributed by atoms with Crippen LogP contribution in [0.15, 0.2) is 30.3 Å². The molecule has 7 nitrogen and oxygen atoms in total. The molecule has 0 atom stereocenters. The number of urea groups is 1. The molecule has 2 aromatic carbocycles. The van der Waals surface area contributed by atoms with Crippen LogP contribution in [0.25, 0.3) is 0 Å². The first-order valence-corrected chi connectivity index (χ1v) is 9.12. The summed E-state index contributed by atoms with van der Waals surface area (Å²) in [5, 5.41) is 6.02. The molecule has 0 aliphatic carbocycles. The number of halogens is 1. The molecule has 2 N–H and O–H groups in total. The van der Waals surface area contributed by atoms with Crippen LogP contribution in [0.4, 0.5) is 4.79 Å². The maximum Gasteiger partial charge on any atom is 0.315 e. The number of amides is 2. The molecule has 2 aromatic rings. The Labute approximate surface area is 169 Å². The lowest BCUT2D eigenvalue weighted by atomic mass is 10.2. The Morgan fingerprint density at radius 1 is 0.893 bits per heavy atom. The van der Waals surface area contributed by atoms with Crippen molar-refractivity contribution in [3.63, 3.8) is 0 Å². The van der Waals surface area contributed by atoms with Crippen LogP contribution < -0.4 is 29.6 Å². The Kier molecular flexibility index (Phi) is 8.07. The van der Waals surface area contributed by atoms with Gasteiger partial charge in [0.15, 0.2) is 23.0 Å². The lowest BCUT2D eigenvalue weighted by Gasteiger charge is -2.14. The molecule has 0 aliphatic heterocycles. The maximum atomic E-state index is 12.1. The highest BCUT2D eigenvalue weighted by molar-refractivity contribution is 6.32. The van der Waals surface area contributed by atoms with E-state index in [0.717, 1.165) is 11.1 Å². The van der Waals surface area contributed by atoms with Gasteiger partial charge >= 0.3 is 6.03 Å². The fourth-order valence-electron chi connectivity index (χ4n) is 2.58. The SMILES string of the molecule is CCOc1c(Cl)cc(CNC(=O)NCc2ccc(OC)c(OC)c2)cc1OC. The minimum atomic E-state index is -0.307. The number of benzene rings is 2. The Balaban J connectivity index is 1.93. The van der Waals surface area contributed by atoms with Crippen molar-refractivity contribution >= 4 is 17.6 Å². The van der Waals surface area contributed by atoms with Crippen LogP contribution >= 0.6 is 11.6 Å². The van der Waals surface area contributed by atoms with Gasteiger partial charge in [0.1, 0.15) is 0 Å². The van der Waals surface area contributed by atoms with Crippen LogP contribution in [0, 0.1) is 0 Å². The number of carbonyl (C=O) groups excluding carboxylic acids is 1. The van der Waals surface area contributed by atoms with Crippen molar-refractivity contribution in [1.82, 2.24) is 10.6 Å². The lowest BCUT2D eigenvalue weighted by molar-refractivity contribution is 0.240. The molecular weight excluding hydrogens is 384 g/mol. The summed E-state index contributed by atoms with van der Waals surface area (Å²) in [5.74, 6) is 2.26. The number of nitrogens with one attached hydrogen (secondary N) is 2. The highest BCUT2D eigenvalue weighted by Crippen LogP contribution is 2.36. The second-order valence-corrected chi connectivity index (χ2v) is 6.17. The minimum Gasteiger partial charge on any atom is -0.493 e. The third-order valence-electron chi connectivity index (χ3n) is 3.93. The van der Waals surface area contributed by atoms with Crippen LogP contribution in [0.5, 0.6) is 23.0 Å². The average Bonchev–Trinajstić information content (AvgIpc) is 2.71. The molecule has 2 rings (SSSR count). The molecular formula is C20H25ClN2O5. The quantitative estimate of drug-likeness (QED) is 0.660. The molecule has 2 amide bonds. The number of rotatable bonds is 9. The van der Waals surface area contributed by atoms with E-state index in [1.807, 2.05) is 19.1 Å². The molecule has 0 saturated carbocycles. The zero-order valence-corrected chi connectivity index (χ0v) is 17.2. The van der Waals surface area contributed by atoms with Crippen molar-refractivity contribution in [2.75, 3.05) is 27.9 Å². The third-order valence-corrected chi connectivity index (χ3v) is 4.21. The monoisotopic (exact) mass is 408 g/mol. The van der Waals surface area contributed by atoms with Crippen molar-refractivity contribution < 1.29 is 23.7 Å². The summed E-state index contributed by atoms with van der Waals surface area (Å²) < 4.78 is 21.3. The standard InChI is InChI=1S/C20H25ClN2O5/c1-5-28-19-15(21)8-14(10-18(19)27-4)12-23-20(24)22-11-13-6-7-16(25-2)17(9-13)26-3/h6-10H,5,11-12H2,1-4H3,(H2,22,23,24). The average molecular weight is 409 g/mol. The third kappa shape index (κ3) is 5.60. The lowest BCUT2D eigenvalue weighted by Crippen LogP contribution is -2.34. The summed E-state index contributed by atoms with van der Waals surface area (Å²) in [6.07, 6.45) is 0. The van der Waals surface area contributed by atoms with Gasteiger partial charge in [0.25, 0.3) is 0 Å². The second-order valence-electron chi connectivity index (χ2n) is 5.77. The van der Waals surface area contributed by atoms with Crippen molar-refractivity contribution in [2.24, 2.45) is 0 Å². The fraction of sp³-hybridized carbons (Fsp3) is 0.350.